The number of anilines is 1. The third-order valence-corrected chi connectivity index (χ3v) is 9.23. The molecule has 0 spiro atoms. The minimum atomic E-state index is -4.53. The topological polar surface area (TPSA) is 184 Å². The van der Waals surface area contributed by atoms with E-state index in [1.54, 1.807) is 72.8 Å². The highest BCUT2D eigenvalue weighted by atomic mass is 32.2. The number of nitrogens with two attached hydrogens (primary N) is 1. The van der Waals surface area contributed by atoms with E-state index in [1.807, 2.05) is 31.2 Å². The zero-order valence-electron chi connectivity index (χ0n) is 24.1. The average Bonchev–Trinajstić information content (AvgIpc) is 3.04. The predicted molar refractivity (Wildman–Crippen MR) is 177 cm³/mol. The van der Waals surface area contributed by atoms with Crippen LogP contribution in [0, 0.1) is 6.92 Å². The van der Waals surface area contributed by atoms with Gasteiger partial charge in [-0.1, -0.05) is 72.8 Å². The molecular formula is C33H25N5O6S2. The summed E-state index contributed by atoms with van der Waals surface area (Å²) in [5, 5.41) is 18.7. The van der Waals surface area contributed by atoms with E-state index in [0.29, 0.717) is 33.2 Å². The molecule has 0 fully saturated rings. The fourth-order valence-corrected chi connectivity index (χ4v) is 6.53. The highest BCUT2D eigenvalue weighted by molar-refractivity contribution is 7.86. The largest absolute Gasteiger partial charge is 0.396 e. The van der Waals surface area contributed by atoms with E-state index in [1.165, 1.54) is 12.1 Å². The second-order valence-corrected chi connectivity index (χ2v) is 13.1. The summed E-state index contributed by atoms with van der Waals surface area (Å²) in [6.45, 7) is 1.81. The Balaban J connectivity index is 1.22. The van der Waals surface area contributed by atoms with Gasteiger partial charge in [-0.2, -0.15) is 32.2 Å². The number of benzene rings is 6. The Bertz CT molecular complexity index is 2250. The van der Waals surface area contributed by atoms with Crippen LogP contribution in [0.15, 0.2) is 139 Å². The molecule has 0 aliphatic heterocycles. The Hall–Kier alpha value is -5.34. The molecule has 46 heavy (non-hydrogen) atoms. The van der Waals surface area contributed by atoms with E-state index in [9.17, 15) is 25.9 Å². The average molecular weight is 652 g/mol. The van der Waals surface area contributed by atoms with Gasteiger partial charge in [0.05, 0.1) is 22.7 Å². The third-order valence-electron chi connectivity index (χ3n) is 7.45. The summed E-state index contributed by atoms with van der Waals surface area (Å²) in [6, 6.07) is 30.3. The molecule has 0 heterocycles. The minimum absolute atomic E-state index is 0.105. The van der Waals surface area contributed by atoms with Crippen molar-refractivity contribution in [1.29, 1.82) is 0 Å². The van der Waals surface area contributed by atoms with Gasteiger partial charge in [-0.3, -0.25) is 9.11 Å². The summed E-state index contributed by atoms with van der Waals surface area (Å²) in [4.78, 5) is -0.538. The van der Waals surface area contributed by atoms with E-state index >= 15 is 0 Å². The quantitative estimate of drug-likeness (QED) is 0.0874. The van der Waals surface area contributed by atoms with Gasteiger partial charge in [-0.25, -0.2) is 0 Å². The van der Waals surface area contributed by atoms with Crippen LogP contribution in [-0.4, -0.2) is 25.9 Å². The van der Waals surface area contributed by atoms with Gasteiger partial charge < -0.3 is 5.73 Å². The summed E-state index contributed by atoms with van der Waals surface area (Å²) in [5.74, 6) is 0. The predicted octanol–water partition coefficient (Wildman–Crippen LogP) is 8.87. The van der Waals surface area contributed by atoms with E-state index in [2.05, 4.69) is 20.5 Å². The van der Waals surface area contributed by atoms with Gasteiger partial charge in [0.2, 0.25) is 0 Å². The fraction of sp³-hybridized carbons (Fsp3) is 0.0303. The third kappa shape index (κ3) is 6.12. The van der Waals surface area contributed by atoms with Crippen molar-refractivity contribution in [3.8, 4) is 11.1 Å². The highest BCUT2D eigenvalue weighted by Gasteiger charge is 2.19. The number of azo groups is 2. The number of aryl methyl sites for hydroxylation is 1. The Labute approximate surface area is 264 Å². The van der Waals surface area contributed by atoms with Crippen LogP contribution in [0.1, 0.15) is 5.56 Å². The number of fused-ring (bicyclic) bond motifs is 2. The summed E-state index contributed by atoms with van der Waals surface area (Å²) in [5.41, 5.74) is 10.4. The van der Waals surface area contributed by atoms with Crippen molar-refractivity contribution in [3.05, 3.63) is 115 Å². The van der Waals surface area contributed by atoms with Crippen molar-refractivity contribution in [3.63, 3.8) is 0 Å². The SMILES string of the molecule is Cc1c(/N=N/c2ccc(-c3ccc(/N=N/c4cc(S(=O)(=O)O)c5ccccc5c4N)cc3)cc2)cc(S(=O)(=O)O)c2ccccc12. The molecule has 13 heteroatoms. The summed E-state index contributed by atoms with van der Waals surface area (Å²) >= 11 is 0. The normalized spacial score (nSPS) is 12.5. The molecule has 0 aliphatic rings. The van der Waals surface area contributed by atoms with E-state index in [0.717, 1.165) is 16.7 Å². The smallest absolute Gasteiger partial charge is 0.295 e. The van der Waals surface area contributed by atoms with E-state index in [-0.39, 0.29) is 26.6 Å². The number of rotatable bonds is 7. The minimum Gasteiger partial charge on any atom is -0.396 e. The molecule has 0 aromatic heterocycles. The second-order valence-electron chi connectivity index (χ2n) is 10.4. The molecule has 4 N–H and O–H groups in total. The fourth-order valence-electron chi connectivity index (χ4n) is 5.10. The number of hydrogen-bond acceptors (Lipinski definition) is 9. The Kier molecular flexibility index (Phi) is 7.92. The van der Waals surface area contributed by atoms with Crippen LogP contribution in [0.5, 0.6) is 0 Å². The standard InChI is InChI=1S/C33H25N5O6S2/c1-20-25-6-2-3-7-26(25)31(45(39,40)41)18-29(20)37-35-23-14-10-21(11-15-23)22-12-16-24(17-13-22)36-38-30-19-32(46(42,43)44)27-8-4-5-9-28(27)33(30)34/h2-19H,34H2,1H3,(H,39,40,41)(H,42,43,44)/b37-35+,38-36+. The number of hydrogen-bond donors (Lipinski definition) is 3. The summed E-state index contributed by atoms with van der Waals surface area (Å²) < 4.78 is 67.5. The van der Waals surface area contributed by atoms with Gasteiger partial charge in [0.15, 0.2) is 0 Å². The second kappa shape index (κ2) is 11.9. The molecule has 230 valence electrons. The maximum atomic E-state index is 12.0. The molecule has 6 aromatic rings. The molecule has 0 bridgehead atoms. The highest BCUT2D eigenvalue weighted by Crippen LogP contribution is 2.37. The molecule has 6 rings (SSSR count). The zero-order valence-corrected chi connectivity index (χ0v) is 25.7. The Morgan fingerprint density at radius 2 is 0.913 bits per heavy atom. The van der Waals surface area contributed by atoms with Gasteiger partial charge in [-0.05, 0) is 65.4 Å². The molecule has 0 saturated carbocycles. The van der Waals surface area contributed by atoms with Crippen molar-refractivity contribution in [2.24, 2.45) is 20.5 Å². The molecule has 0 atom stereocenters. The molecule has 0 saturated heterocycles. The van der Waals surface area contributed by atoms with Crippen molar-refractivity contribution < 1.29 is 25.9 Å². The first-order valence-electron chi connectivity index (χ1n) is 13.7. The van der Waals surface area contributed by atoms with Crippen LogP contribution < -0.4 is 5.73 Å². The monoisotopic (exact) mass is 651 g/mol. The maximum Gasteiger partial charge on any atom is 0.295 e. The van der Waals surface area contributed by atoms with E-state index < -0.39 is 20.2 Å². The van der Waals surface area contributed by atoms with Crippen LogP contribution in [0.3, 0.4) is 0 Å². The first-order chi connectivity index (χ1) is 21.9. The first kappa shape index (κ1) is 30.7. The summed E-state index contributed by atoms with van der Waals surface area (Å²) in [6.07, 6.45) is 0. The van der Waals surface area contributed by atoms with Crippen LogP contribution >= 0.6 is 0 Å². The van der Waals surface area contributed by atoms with Crippen LogP contribution in [0.4, 0.5) is 28.4 Å². The molecule has 0 unspecified atom stereocenters. The molecular weight excluding hydrogens is 627 g/mol. The lowest BCUT2D eigenvalue weighted by Crippen LogP contribution is -2.01. The Morgan fingerprint density at radius 1 is 0.522 bits per heavy atom. The van der Waals surface area contributed by atoms with Crippen molar-refractivity contribution >= 4 is 70.2 Å². The van der Waals surface area contributed by atoms with Gasteiger partial charge in [0, 0.05) is 16.2 Å². The molecule has 0 aliphatic carbocycles. The molecule has 6 aromatic carbocycles. The van der Waals surface area contributed by atoms with Gasteiger partial charge in [-0.15, -0.1) is 5.11 Å². The van der Waals surface area contributed by atoms with Gasteiger partial charge >= 0.3 is 0 Å². The van der Waals surface area contributed by atoms with Crippen LogP contribution in [-0.2, 0) is 20.2 Å². The maximum absolute atomic E-state index is 12.0. The lowest BCUT2D eigenvalue weighted by Gasteiger charge is -2.09. The van der Waals surface area contributed by atoms with Gasteiger partial charge in [0.1, 0.15) is 15.5 Å². The number of nitrogens with zero attached hydrogens (tertiary/aromatic N) is 4. The van der Waals surface area contributed by atoms with E-state index in [4.69, 9.17) is 5.73 Å². The van der Waals surface area contributed by atoms with Crippen molar-refractivity contribution in [2.75, 3.05) is 5.73 Å². The lowest BCUT2D eigenvalue weighted by atomic mass is 10.0. The van der Waals surface area contributed by atoms with Gasteiger partial charge in [0.25, 0.3) is 20.2 Å². The summed E-state index contributed by atoms with van der Waals surface area (Å²) in [7, 11) is -9.00. The molecule has 0 amide bonds. The number of nitrogen functional groups attached to an aromatic ring is 1. The molecule has 11 nitrogen and oxygen atoms in total. The zero-order chi connectivity index (χ0) is 32.6. The molecule has 0 radical (unpaired) electrons. The van der Waals surface area contributed by atoms with Crippen LogP contribution in [0.2, 0.25) is 0 Å². The van der Waals surface area contributed by atoms with Crippen molar-refractivity contribution in [2.45, 2.75) is 16.7 Å². The first-order valence-corrected chi connectivity index (χ1v) is 16.6. The lowest BCUT2D eigenvalue weighted by molar-refractivity contribution is 0.482. The van der Waals surface area contributed by atoms with Crippen LogP contribution in [0.25, 0.3) is 32.7 Å². The van der Waals surface area contributed by atoms with Crippen molar-refractivity contribution in [1.82, 2.24) is 0 Å². The Morgan fingerprint density at radius 3 is 1.39 bits per heavy atom.